The molecule has 1 N–H and O–H groups in total. The smallest absolute Gasteiger partial charge is 0.275 e. The molecule has 1 atom stereocenters. The van der Waals surface area contributed by atoms with Crippen molar-refractivity contribution < 1.29 is 9.90 Å². The third kappa shape index (κ3) is 1.40. The lowest BCUT2D eigenvalue weighted by molar-refractivity contribution is -0.114. The highest BCUT2D eigenvalue weighted by Crippen LogP contribution is 2.21. The van der Waals surface area contributed by atoms with Gasteiger partial charge in [0.15, 0.2) is 0 Å². The molecule has 1 rings (SSSR count). The molecule has 0 fully saturated rings. The van der Waals surface area contributed by atoms with Crippen LogP contribution in [0.25, 0.3) is 0 Å². The third-order valence-corrected chi connectivity index (χ3v) is 2.08. The van der Waals surface area contributed by atoms with E-state index < -0.39 is 0 Å². The quantitative estimate of drug-likeness (QED) is 0.682. The molecule has 66 valence electrons. The zero-order valence-corrected chi connectivity index (χ0v) is 7.37. The van der Waals surface area contributed by atoms with Gasteiger partial charge in [0.05, 0.1) is 11.5 Å². The molecule has 1 heterocycles. The van der Waals surface area contributed by atoms with Gasteiger partial charge in [0.1, 0.15) is 5.76 Å². The van der Waals surface area contributed by atoms with Crippen molar-refractivity contribution in [1.29, 1.82) is 0 Å². The van der Waals surface area contributed by atoms with Crippen molar-refractivity contribution in [2.45, 2.75) is 26.7 Å². The van der Waals surface area contributed by atoms with Crippen molar-refractivity contribution in [1.82, 2.24) is 0 Å². The number of nitrogens with zero attached hydrogens (tertiary/aromatic N) is 1. The van der Waals surface area contributed by atoms with Crippen LogP contribution >= 0.6 is 0 Å². The van der Waals surface area contributed by atoms with Gasteiger partial charge in [0, 0.05) is 6.21 Å². The largest absolute Gasteiger partial charge is 0.511 e. The monoisotopic (exact) mass is 167 g/mol. The van der Waals surface area contributed by atoms with Gasteiger partial charge < -0.3 is 5.11 Å². The molecule has 0 bridgehead atoms. The summed E-state index contributed by atoms with van der Waals surface area (Å²) >= 11 is 0. The van der Waals surface area contributed by atoms with Gasteiger partial charge in [-0.05, 0) is 12.8 Å². The topological polar surface area (TPSA) is 49.7 Å². The van der Waals surface area contributed by atoms with Gasteiger partial charge in [-0.15, -0.1) is 0 Å². The Hall–Kier alpha value is -1.12. The molecule has 0 saturated heterocycles. The second-order valence-electron chi connectivity index (χ2n) is 2.82. The molecule has 0 radical (unpaired) electrons. The van der Waals surface area contributed by atoms with E-state index in [0.29, 0.717) is 12.0 Å². The first-order chi connectivity index (χ1) is 5.70. The van der Waals surface area contributed by atoms with E-state index >= 15 is 0 Å². The number of hydrogen-bond acceptors (Lipinski definition) is 2. The summed E-state index contributed by atoms with van der Waals surface area (Å²) in [4.78, 5) is 14.8. The molecule has 1 unspecified atom stereocenters. The molecule has 0 aromatic heterocycles. The van der Waals surface area contributed by atoms with Crippen molar-refractivity contribution in [3.63, 3.8) is 0 Å². The molecule has 0 saturated carbocycles. The van der Waals surface area contributed by atoms with Gasteiger partial charge in [0.25, 0.3) is 5.91 Å². The Morgan fingerprint density at radius 2 is 2.25 bits per heavy atom. The van der Waals surface area contributed by atoms with Crippen LogP contribution in [0.5, 0.6) is 0 Å². The van der Waals surface area contributed by atoms with Crippen molar-refractivity contribution >= 4 is 12.1 Å². The number of allylic oxidation sites excluding steroid dienone is 1. The van der Waals surface area contributed by atoms with E-state index in [9.17, 15) is 9.90 Å². The summed E-state index contributed by atoms with van der Waals surface area (Å²) < 4.78 is 0. The Bertz CT molecular complexity index is 253. The van der Waals surface area contributed by atoms with Gasteiger partial charge in [-0.25, -0.2) is 4.99 Å². The highest BCUT2D eigenvalue weighted by Gasteiger charge is 2.22. The van der Waals surface area contributed by atoms with Gasteiger partial charge in [0.2, 0.25) is 0 Å². The molecule has 3 heteroatoms. The van der Waals surface area contributed by atoms with Gasteiger partial charge in [-0.1, -0.05) is 13.8 Å². The molecule has 1 amide bonds. The molecule has 12 heavy (non-hydrogen) atoms. The highest BCUT2D eigenvalue weighted by molar-refractivity contribution is 6.02. The Kier molecular flexibility index (Phi) is 2.63. The van der Waals surface area contributed by atoms with Crippen LogP contribution in [0.2, 0.25) is 0 Å². The minimum absolute atomic E-state index is 0.0577. The number of dihydropyridines is 1. The van der Waals surface area contributed by atoms with Crippen molar-refractivity contribution in [2.24, 2.45) is 10.9 Å². The summed E-state index contributed by atoms with van der Waals surface area (Å²) in [7, 11) is 0. The maximum Gasteiger partial charge on any atom is 0.275 e. The van der Waals surface area contributed by atoms with Crippen LogP contribution in [0.1, 0.15) is 26.7 Å². The van der Waals surface area contributed by atoms with Crippen LogP contribution in [0, 0.1) is 5.92 Å². The number of amides is 1. The van der Waals surface area contributed by atoms with Crippen LogP contribution in [-0.2, 0) is 4.79 Å². The first kappa shape index (κ1) is 8.97. The molecular weight excluding hydrogens is 154 g/mol. The first-order valence-corrected chi connectivity index (χ1v) is 4.21. The molecule has 0 aromatic carbocycles. The summed E-state index contributed by atoms with van der Waals surface area (Å²) in [5, 5.41) is 9.57. The van der Waals surface area contributed by atoms with Crippen molar-refractivity contribution in [3.05, 3.63) is 11.3 Å². The second-order valence-corrected chi connectivity index (χ2v) is 2.82. The van der Waals surface area contributed by atoms with E-state index in [1.165, 1.54) is 6.21 Å². The second kappa shape index (κ2) is 3.52. The average molecular weight is 167 g/mol. The van der Waals surface area contributed by atoms with Gasteiger partial charge >= 0.3 is 0 Å². The lowest BCUT2D eigenvalue weighted by Crippen LogP contribution is -2.17. The molecule has 0 spiro atoms. The number of carbonyl (C=O) groups excluding carboxylic acids is 1. The number of carbonyl (C=O) groups is 1. The van der Waals surface area contributed by atoms with E-state index in [2.05, 4.69) is 4.99 Å². The summed E-state index contributed by atoms with van der Waals surface area (Å²) in [5.74, 6) is -0.141. The van der Waals surface area contributed by atoms with Gasteiger partial charge in [-0.3, -0.25) is 4.79 Å². The van der Waals surface area contributed by atoms with Crippen LogP contribution in [0.15, 0.2) is 16.3 Å². The minimum Gasteiger partial charge on any atom is -0.511 e. The van der Waals surface area contributed by atoms with E-state index in [1.807, 2.05) is 13.8 Å². The minimum atomic E-state index is -0.292. The van der Waals surface area contributed by atoms with Crippen LogP contribution in [-0.4, -0.2) is 17.2 Å². The van der Waals surface area contributed by atoms with Crippen LogP contribution < -0.4 is 0 Å². The zero-order valence-electron chi connectivity index (χ0n) is 7.37. The van der Waals surface area contributed by atoms with Crippen LogP contribution in [0.3, 0.4) is 0 Å². The Morgan fingerprint density at radius 3 is 2.75 bits per heavy atom. The maximum atomic E-state index is 11.1. The fourth-order valence-corrected chi connectivity index (χ4v) is 1.27. The number of hydrogen-bond donors (Lipinski definition) is 1. The summed E-state index contributed by atoms with van der Waals surface area (Å²) in [5.41, 5.74) is 0.462. The summed E-state index contributed by atoms with van der Waals surface area (Å²) in [6, 6.07) is 0. The zero-order chi connectivity index (χ0) is 9.14. The molecule has 0 aromatic rings. The maximum absolute atomic E-state index is 11.1. The van der Waals surface area contributed by atoms with E-state index in [1.54, 1.807) is 0 Å². The number of aliphatic hydroxyl groups is 1. The Balaban J connectivity index is 2.96. The van der Waals surface area contributed by atoms with Crippen LogP contribution in [0.4, 0.5) is 0 Å². The normalized spacial score (nSPS) is 23.5. The number of aliphatic hydroxyl groups excluding tert-OH is 1. The average Bonchev–Trinajstić information content (AvgIpc) is 2.06. The van der Waals surface area contributed by atoms with Gasteiger partial charge in [-0.2, -0.15) is 0 Å². The lowest BCUT2D eigenvalue weighted by Gasteiger charge is -2.15. The summed E-state index contributed by atoms with van der Waals surface area (Å²) in [6.07, 6.45) is 2.86. The Morgan fingerprint density at radius 1 is 1.58 bits per heavy atom. The molecule has 0 aliphatic carbocycles. The van der Waals surface area contributed by atoms with E-state index in [-0.39, 0.29) is 17.6 Å². The lowest BCUT2D eigenvalue weighted by atomic mass is 9.97. The Labute approximate surface area is 71.8 Å². The number of rotatable bonds is 2. The summed E-state index contributed by atoms with van der Waals surface area (Å²) in [6.45, 7) is 3.80. The molecule has 1 aliphatic heterocycles. The van der Waals surface area contributed by atoms with E-state index in [4.69, 9.17) is 0 Å². The van der Waals surface area contributed by atoms with Crippen molar-refractivity contribution in [2.75, 3.05) is 0 Å². The van der Waals surface area contributed by atoms with Crippen molar-refractivity contribution in [3.8, 4) is 0 Å². The molecular formula is C9H13NO2. The molecule has 3 nitrogen and oxygen atoms in total. The number of aliphatic imine (C=N–C) groups is 1. The predicted molar refractivity (Wildman–Crippen MR) is 47.2 cm³/mol. The predicted octanol–water partition coefficient (Wildman–Crippen LogP) is 1.85. The fraction of sp³-hybridized carbons (Fsp3) is 0.556. The third-order valence-electron chi connectivity index (χ3n) is 2.08. The first-order valence-electron chi connectivity index (χ1n) is 4.21. The molecule has 1 aliphatic rings. The standard InChI is InChI=1S/C9H13NO2/c1-3-6-5-10-9(12)7(4-2)8(6)11/h5-6,11H,3-4H2,1-2H3. The highest BCUT2D eigenvalue weighted by atomic mass is 16.3. The SMILES string of the molecule is CCC1=C(O)C(CC)C=NC1=O. The fourth-order valence-electron chi connectivity index (χ4n) is 1.27. The van der Waals surface area contributed by atoms with E-state index in [0.717, 1.165) is 6.42 Å².